The molecule has 2 heterocycles. The fourth-order valence-corrected chi connectivity index (χ4v) is 7.58. The van der Waals surface area contributed by atoms with E-state index in [-0.39, 0.29) is 30.4 Å². The molecule has 0 spiro atoms. The number of fused-ring (bicyclic) bond motifs is 3. The zero-order valence-electron chi connectivity index (χ0n) is 22.9. The van der Waals surface area contributed by atoms with Crippen LogP contribution in [0.25, 0.3) is 11.1 Å². The number of nitrogens with one attached hydrogen (secondary N) is 1. The van der Waals surface area contributed by atoms with Gasteiger partial charge in [0.2, 0.25) is 0 Å². The number of hydrogen-bond acceptors (Lipinski definition) is 6. The highest BCUT2D eigenvalue weighted by molar-refractivity contribution is 8.00. The highest BCUT2D eigenvalue weighted by Gasteiger charge is 2.53. The third-order valence-electron chi connectivity index (χ3n) is 8.43. The van der Waals surface area contributed by atoms with Crippen LogP contribution in [0.5, 0.6) is 0 Å². The van der Waals surface area contributed by atoms with Crippen LogP contribution >= 0.6 is 11.8 Å². The fraction of sp³-hybridized carbons (Fsp3) is 0.344. The maximum Gasteiger partial charge on any atom is 0.408 e. The molecular weight excluding hydrogens is 538 g/mol. The Morgan fingerprint density at radius 3 is 2.27 bits per heavy atom. The normalized spacial score (nSPS) is 23.7. The van der Waals surface area contributed by atoms with Crippen LogP contribution < -0.4 is 5.32 Å². The zero-order valence-corrected chi connectivity index (χ0v) is 23.7. The molecular formula is C32H33N3O5S. The largest absolute Gasteiger partial charge is 0.480 e. The van der Waals surface area contributed by atoms with Crippen LogP contribution in [0.3, 0.4) is 0 Å². The highest BCUT2D eigenvalue weighted by atomic mass is 32.2. The van der Waals surface area contributed by atoms with Gasteiger partial charge in [-0.25, -0.2) is 9.59 Å². The number of benzene rings is 3. The second-order valence-corrected chi connectivity index (χ2v) is 12.3. The summed E-state index contributed by atoms with van der Waals surface area (Å²) in [4.78, 5) is 43.2. The molecule has 0 bridgehead atoms. The molecule has 2 fully saturated rings. The summed E-state index contributed by atoms with van der Waals surface area (Å²) in [6, 6.07) is 25.3. The summed E-state index contributed by atoms with van der Waals surface area (Å²) in [5.74, 6) is -1.20. The van der Waals surface area contributed by atoms with Gasteiger partial charge in [0.1, 0.15) is 18.2 Å². The van der Waals surface area contributed by atoms with Gasteiger partial charge in [-0.3, -0.25) is 9.69 Å². The number of carboxylic acid groups (broad SMARTS) is 1. The van der Waals surface area contributed by atoms with Crippen molar-refractivity contribution in [1.29, 1.82) is 0 Å². The van der Waals surface area contributed by atoms with Crippen LogP contribution in [0.4, 0.5) is 4.79 Å². The molecule has 41 heavy (non-hydrogen) atoms. The first-order chi connectivity index (χ1) is 19.9. The lowest BCUT2D eigenvalue weighted by Crippen LogP contribution is -2.63. The minimum absolute atomic E-state index is 0.107. The lowest BCUT2D eigenvalue weighted by atomic mass is 9.95. The molecule has 2 amide bonds. The summed E-state index contributed by atoms with van der Waals surface area (Å²) in [5, 5.41) is 12.5. The Bertz CT molecular complexity index is 1420. The van der Waals surface area contributed by atoms with Crippen LogP contribution in [0.2, 0.25) is 0 Å². The standard InChI is InChI=1S/C32H33N3O5S/c1-21-35(28(19-41-21)29(36)37)30(38)32(15-16-34(20-32)17-22-9-3-2-4-10-22)33-31(39)40-18-27-25-13-7-5-11-23(25)24-12-6-8-14-26(24)27/h2-14,21,27-28H,15-20H2,1H3,(H,33,39)(H,36,37). The predicted molar refractivity (Wildman–Crippen MR) is 157 cm³/mol. The number of nitrogens with zero attached hydrogens (tertiary/aromatic N) is 2. The first-order valence-corrected chi connectivity index (χ1v) is 15.0. The van der Waals surface area contributed by atoms with Crippen molar-refractivity contribution in [2.75, 3.05) is 25.4 Å². The topological polar surface area (TPSA) is 99.2 Å². The van der Waals surface area contributed by atoms with Gasteiger partial charge in [-0.05, 0) is 41.2 Å². The fourth-order valence-electron chi connectivity index (χ4n) is 6.41. The van der Waals surface area contributed by atoms with Crippen LogP contribution in [-0.2, 0) is 20.9 Å². The van der Waals surface area contributed by atoms with Gasteiger partial charge >= 0.3 is 12.1 Å². The molecule has 9 heteroatoms. The average Bonchev–Trinajstić information content (AvgIpc) is 3.66. The Labute approximate surface area is 243 Å². The SMILES string of the molecule is CC1SCC(C(=O)O)N1C(=O)C1(NC(=O)OCC2c3ccccc3-c3ccccc32)CCN(Cc2ccccc2)C1. The monoisotopic (exact) mass is 571 g/mol. The number of amides is 2. The Kier molecular flexibility index (Phi) is 7.48. The van der Waals surface area contributed by atoms with Crippen LogP contribution in [0, 0.1) is 0 Å². The molecule has 2 aliphatic heterocycles. The van der Waals surface area contributed by atoms with Gasteiger partial charge in [0.05, 0.1) is 5.37 Å². The van der Waals surface area contributed by atoms with E-state index < -0.39 is 23.6 Å². The first kappa shape index (κ1) is 27.4. The van der Waals surface area contributed by atoms with Gasteiger partial charge in [-0.2, -0.15) is 0 Å². The number of aliphatic carboxylic acids is 1. The van der Waals surface area contributed by atoms with E-state index in [9.17, 15) is 19.5 Å². The molecule has 6 rings (SSSR count). The third-order valence-corrected chi connectivity index (χ3v) is 9.65. The van der Waals surface area contributed by atoms with Gasteiger partial charge in [-0.15, -0.1) is 11.8 Å². The molecule has 0 aromatic heterocycles. The van der Waals surface area contributed by atoms with E-state index in [0.717, 1.165) is 27.8 Å². The first-order valence-electron chi connectivity index (χ1n) is 13.9. The summed E-state index contributed by atoms with van der Waals surface area (Å²) < 4.78 is 5.83. The smallest absolute Gasteiger partial charge is 0.408 e. The van der Waals surface area contributed by atoms with Gasteiger partial charge < -0.3 is 20.1 Å². The summed E-state index contributed by atoms with van der Waals surface area (Å²) in [6.45, 7) is 3.44. The number of carbonyl (C=O) groups excluding carboxylic acids is 2. The molecule has 3 aromatic rings. The highest BCUT2D eigenvalue weighted by Crippen LogP contribution is 2.44. The molecule has 0 saturated carbocycles. The van der Waals surface area contributed by atoms with Crippen molar-refractivity contribution in [2.24, 2.45) is 0 Å². The minimum Gasteiger partial charge on any atom is -0.480 e. The van der Waals surface area contributed by atoms with Gasteiger partial charge in [0.25, 0.3) is 5.91 Å². The molecule has 1 aliphatic carbocycles. The lowest BCUT2D eigenvalue weighted by molar-refractivity contribution is -0.151. The van der Waals surface area contributed by atoms with Crippen LogP contribution in [0.15, 0.2) is 78.9 Å². The summed E-state index contributed by atoms with van der Waals surface area (Å²) >= 11 is 1.43. The number of thioether (sulfide) groups is 1. The number of rotatable bonds is 7. The van der Waals surface area contributed by atoms with Crippen molar-refractivity contribution in [3.8, 4) is 11.1 Å². The number of alkyl carbamates (subject to hydrolysis) is 1. The maximum absolute atomic E-state index is 14.2. The van der Waals surface area contributed by atoms with E-state index in [1.54, 1.807) is 0 Å². The third kappa shape index (κ3) is 5.20. The van der Waals surface area contributed by atoms with E-state index >= 15 is 0 Å². The van der Waals surface area contributed by atoms with E-state index in [1.165, 1.54) is 16.7 Å². The number of ether oxygens (including phenoxy) is 1. The zero-order chi connectivity index (χ0) is 28.6. The Morgan fingerprint density at radius 2 is 1.61 bits per heavy atom. The number of likely N-dealkylation sites (tertiary alicyclic amines) is 1. The second kappa shape index (κ2) is 11.2. The molecule has 2 saturated heterocycles. The van der Waals surface area contributed by atoms with E-state index in [0.29, 0.717) is 25.3 Å². The lowest BCUT2D eigenvalue weighted by Gasteiger charge is -2.36. The van der Waals surface area contributed by atoms with Crippen molar-refractivity contribution >= 4 is 29.7 Å². The van der Waals surface area contributed by atoms with Crippen molar-refractivity contribution in [3.63, 3.8) is 0 Å². The molecule has 0 radical (unpaired) electrons. The van der Waals surface area contributed by atoms with E-state index in [4.69, 9.17) is 4.74 Å². The molecule has 212 valence electrons. The van der Waals surface area contributed by atoms with Crippen LogP contribution in [0.1, 0.15) is 36.0 Å². The molecule has 3 aliphatic rings. The van der Waals surface area contributed by atoms with Crippen molar-refractivity contribution in [2.45, 2.75) is 42.8 Å². The summed E-state index contributed by atoms with van der Waals surface area (Å²) in [7, 11) is 0. The quantitative estimate of drug-likeness (QED) is 0.430. The Hall–Kier alpha value is -3.82. The van der Waals surface area contributed by atoms with Gasteiger partial charge in [0, 0.05) is 31.3 Å². The Balaban J connectivity index is 1.22. The van der Waals surface area contributed by atoms with E-state index in [1.807, 2.05) is 61.5 Å². The van der Waals surface area contributed by atoms with Crippen molar-refractivity contribution in [3.05, 3.63) is 95.6 Å². The predicted octanol–water partition coefficient (Wildman–Crippen LogP) is 4.54. The van der Waals surface area contributed by atoms with E-state index in [2.05, 4.69) is 34.5 Å². The maximum atomic E-state index is 14.2. The van der Waals surface area contributed by atoms with Crippen molar-refractivity contribution < 1.29 is 24.2 Å². The average molecular weight is 572 g/mol. The van der Waals surface area contributed by atoms with Gasteiger partial charge in [-0.1, -0.05) is 78.9 Å². The number of hydrogen-bond donors (Lipinski definition) is 2. The molecule has 8 nitrogen and oxygen atoms in total. The molecule has 2 N–H and O–H groups in total. The number of carbonyl (C=O) groups is 3. The van der Waals surface area contributed by atoms with Crippen molar-refractivity contribution in [1.82, 2.24) is 15.1 Å². The Morgan fingerprint density at radius 1 is 0.976 bits per heavy atom. The summed E-state index contributed by atoms with van der Waals surface area (Å²) in [5.41, 5.74) is 4.30. The minimum atomic E-state index is -1.29. The second-order valence-electron chi connectivity index (χ2n) is 11.0. The molecule has 3 unspecified atom stereocenters. The summed E-state index contributed by atoms with van der Waals surface area (Å²) in [6.07, 6.45) is -0.309. The van der Waals surface area contributed by atoms with Crippen LogP contribution in [-0.4, -0.2) is 75.3 Å². The number of carboxylic acids is 1. The molecule has 3 aromatic carbocycles. The van der Waals surface area contributed by atoms with Gasteiger partial charge in [0.15, 0.2) is 0 Å². The molecule has 3 atom stereocenters.